The molecule has 1 aromatic carbocycles. The Hall–Kier alpha value is -2.59. The van der Waals surface area contributed by atoms with Crippen LogP contribution in [0.5, 0.6) is 5.75 Å². The first kappa shape index (κ1) is 27.0. The number of alkyl halides is 3. The summed E-state index contributed by atoms with van der Waals surface area (Å²) >= 11 is 0. The quantitative estimate of drug-likeness (QED) is 0.505. The number of halogens is 3. The van der Waals surface area contributed by atoms with Crippen molar-refractivity contribution in [2.24, 2.45) is 12.0 Å². The number of rotatable bonds is 8. The summed E-state index contributed by atoms with van der Waals surface area (Å²) in [5.41, 5.74) is -0.145. The van der Waals surface area contributed by atoms with E-state index in [1.165, 1.54) is 0 Å². The van der Waals surface area contributed by atoms with Gasteiger partial charge in [-0.15, -0.1) is 0 Å². The molecule has 3 rings (SSSR count). The van der Waals surface area contributed by atoms with Crippen LogP contribution in [0.3, 0.4) is 0 Å². The van der Waals surface area contributed by atoms with Crippen LogP contribution in [0.1, 0.15) is 62.2 Å². The highest BCUT2D eigenvalue weighted by molar-refractivity contribution is 5.97. The minimum atomic E-state index is -4.61. The van der Waals surface area contributed by atoms with Gasteiger partial charge in [0.1, 0.15) is 12.4 Å². The lowest BCUT2D eigenvalue weighted by Crippen LogP contribution is -2.30. The zero-order chi connectivity index (χ0) is 25.8. The van der Waals surface area contributed by atoms with Crippen molar-refractivity contribution in [3.63, 3.8) is 0 Å². The maximum Gasteiger partial charge on any atom is 0.416 e. The molecular weight excluding hydrogens is 463 g/mol. The summed E-state index contributed by atoms with van der Waals surface area (Å²) in [4.78, 5) is 17.5. The van der Waals surface area contributed by atoms with Gasteiger partial charge in [-0.1, -0.05) is 20.8 Å². The second-order valence-corrected chi connectivity index (χ2v) is 9.55. The van der Waals surface area contributed by atoms with Crippen LogP contribution in [0.2, 0.25) is 0 Å². The zero-order valence-corrected chi connectivity index (χ0v) is 20.9. The first-order valence-electron chi connectivity index (χ1n) is 11.8. The van der Waals surface area contributed by atoms with Gasteiger partial charge in [0.05, 0.1) is 30.4 Å². The largest absolute Gasteiger partial charge is 0.490 e. The van der Waals surface area contributed by atoms with Crippen molar-refractivity contribution >= 4 is 5.91 Å². The zero-order valence-electron chi connectivity index (χ0n) is 20.9. The third-order valence-electron chi connectivity index (χ3n) is 5.85. The number of aromatic nitrogens is 2. The van der Waals surface area contributed by atoms with Gasteiger partial charge in [0, 0.05) is 37.4 Å². The van der Waals surface area contributed by atoms with Crippen LogP contribution in [0, 0.1) is 0 Å². The second kappa shape index (κ2) is 11.0. The first-order chi connectivity index (χ1) is 16.4. The van der Waals surface area contributed by atoms with E-state index in [2.05, 4.69) is 4.99 Å². The van der Waals surface area contributed by atoms with Gasteiger partial charge in [-0.2, -0.15) is 18.2 Å². The Morgan fingerprint density at radius 1 is 1.20 bits per heavy atom. The predicted molar refractivity (Wildman–Crippen MR) is 124 cm³/mol. The summed E-state index contributed by atoms with van der Waals surface area (Å²) in [5.74, 6) is -0.779. The highest BCUT2D eigenvalue weighted by Crippen LogP contribution is 2.33. The predicted octanol–water partition coefficient (Wildman–Crippen LogP) is 4.48. The Morgan fingerprint density at radius 3 is 2.54 bits per heavy atom. The highest BCUT2D eigenvalue weighted by Gasteiger charge is 2.32. The van der Waals surface area contributed by atoms with Gasteiger partial charge in [0.15, 0.2) is 5.49 Å². The molecule has 10 heteroatoms. The van der Waals surface area contributed by atoms with Gasteiger partial charge in [0.2, 0.25) is 0 Å². The van der Waals surface area contributed by atoms with Crippen LogP contribution >= 0.6 is 0 Å². The first-order valence-corrected chi connectivity index (χ1v) is 11.8. The van der Waals surface area contributed by atoms with Gasteiger partial charge in [-0.05, 0) is 38.0 Å². The Labute approximate surface area is 203 Å². The molecule has 1 atom stereocenters. The summed E-state index contributed by atoms with van der Waals surface area (Å²) < 4.78 is 60.5. The van der Waals surface area contributed by atoms with Crippen molar-refractivity contribution in [2.45, 2.75) is 64.8 Å². The van der Waals surface area contributed by atoms with Crippen LogP contribution in [0.25, 0.3) is 0 Å². The van der Waals surface area contributed by atoms with Crippen LogP contribution in [-0.4, -0.2) is 47.8 Å². The van der Waals surface area contributed by atoms with Crippen molar-refractivity contribution in [1.82, 2.24) is 9.36 Å². The van der Waals surface area contributed by atoms with Crippen LogP contribution < -0.4 is 10.2 Å². The molecule has 0 radical (unpaired) electrons. The van der Waals surface area contributed by atoms with Crippen molar-refractivity contribution in [2.75, 3.05) is 26.4 Å². The number of ether oxygens (including phenoxy) is 3. The molecule has 7 nitrogen and oxygen atoms in total. The topological polar surface area (TPSA) is 67.0 Å². The lowest BCUT2D eigenvalue weighted by molar-refractivity contribution is -0.137. The summed E-state index contributed by atoms with van der Waals surface area (Å²) in [6.07, 6.45) is -2.77. The molecule has 1 aromatic heterocycles. The van der Waals surface area contributed by atoms with E-state index in [1.807, 2.05) is 44.1 Å². The summed E-state index contributed by atoms with van der Waals surface area (Å²) in [7, 11) is 1.88. The minimum Gasteiger partial charge on any atom is -0.490 e. The number of benzene rings is 1. The number of hydrogen-bond donors (Lipinski definition) is 0. The van der Waals surface area contributed by atoms with Crippen molar-refractivity contribution in [3.8, 4) is 5.75 Å². The van der Waals surface area contributed by atoms with Crippen molar-refractivity contribution in [1.29, 1.82) is 0 Å². The molecule has 0 aliphatic carbocycles. The van der Waals surface area contributed by atoms with Gasteiger partial charge in [-0.25, -0.2) is 0 Å². The van der Waals surface area contributed by atoms with Crippen LogP contribution in [0.15, 0.2) is 29.3 Å². The van der Waals surface area contributed by atoms with E-state index in [-0.39, 0.29) is 36.0 Å². The van der Waals surface area contributed by atoms with Gasteiger partial charge < -0.3 is 14.2 Å². The van der Waals surface area contributed by atoms with Crippen LogP contribution in [-0.2, 0) is 34.7 Å². The Balaban J connectivity index is 2.05. The molecule has 2 aromatic rings. The summed E-state index contributed by atoms with van der Waals surface area (Å²) in [6.45, 7) is 9.94. The number of hydrogen-bond acceptors (Lipinski definition) is 4. The average Bonchev–Trinajstić information content (AvgIpc) is 3.39. The van der Waals surface area contributed by atoms with E-state index in [4.69, 9.17) is 14.2 Å². The fourth-order valence-electron chi connectivity index (χ4n) is 4.08. The minimum absolute atomic E-state index is 0.0171. The number of carbonyl (C=O) groups is 1. The Kier molecular flexibility index (Phi) is 8.48. The smallest absolute Gasteiger partial charge is 0.416 e. The molecule has 1 amide bonds. The SMILES string of the molecule is CCOCCOc1ccc(C(F)(F)F)cc1C(=O)N=c1cc(C(C)(C)C)n(C)n1C[C@H]1CCCO1. The molecule has 0 unspecified atom stereocenters. The number of amides is 1. The fraction of sp³-hybridized carbons (Fsp3) is 0.600. The maximum absolute atomic E-state index is 13.4. The maximum atomic E-state index is 13.4. The molecule has 1 aliphatic heterocycles. The molecular formula is C25H34F3N3O4. The van der Waals surface area contributed by atoms with E-state index >= 15 is 0 Å². The third kappa shape index (κ3) is 6.76. The Bertz CT molecular complexity index is 1090. The number of nitrogens with zero attached hydrogens (tertiary/aromatic N) is 3. The van der Waals surface area contributed by atoms with E-state index in [1.54, 1.807) is 6.07 Å². The van der Waals surface area contributed by atoms with Crippen molar-refractivity contribution in [3.05, 3.63) is 46.6 Å². The molecule has 35 heavy (non-hydrogen) atoms. The molecule has 1 saturated heterocycles. The lowest BCUT2D eigenvalue weighted by Gasteiger charge is -2.21. The standard InChI is InChI=1S/C25H34F3N3O4/c1-6-33-12-13-35-20-10-9-17(25(26,27)28)14-19(20)23(32)29-22-15-21(24(2,3)4)30(5)31(22)16-18-8-7-11-34-18/h9-10,14-15,18H,6-8,11-13,16H2,1-5H3/t18-/m1/s1. The Morgan fingerprint density at radius 2 is 1.94 bits per heavy atom. The van der Waals surface area contributed by atoms with Gasteiger partial charge >= 0.3 is 6.18 Å². The fourth-order valence-corrected chi connectivity index (χ4v) is 4.08. The summed E-state index contributed by atoms with van der Waals surface area (Å²) in [5, 5.41) is 0. The van der Waals surface area contributed by atoms with E-state index in [9.17, 15) is 18.0 Å². The molecule has 194 valence electrons. The molecule has 0 N–H and O–H groups in total. The molecule has 1 fully saturated rings. The second-order valence-electron chi connectivity index (χ2n) is 9.55. The molecule has 1 aliphatic rings. The van der Waals surface area contributed by atoms with Gasteiger partial charge in [0.25, 0.3) is 5.91 Å². The number of carbonyl (C=O) groups excluding carboxylic acids is 1. The molecule has 0 spiro atoms. The average molecular weight is 498 g/mol. The van der Waals surface area contributed by atoms with E-state index in [0.717, 1.165) is 36.7 Å². The lowest BCUT2D eigenvalue weighted by atomic mass is 9.92. The normalized spacial score (nSPS) is 17.3. The highest BCUT2D eigenvalue weighted by atomic mass is 19.4. The molecule has 0 saturated carbocycles. The van der Waals surface area contributed by atoms with Crippen molar-refractivity contribution < 1.29 is 32.2 Å². The van der Waals surface area contributed by atoms with Gasteiger partial charge in [-0.3, -0.25) is 14.2 Å². The van der Waals surface area contributed by atoms with E-state index in [0.29, 0.717) is 25.2 Å². The molecule has 0 bridgehead atoms. The van der Waals surface area contributed by atoms with Crippen LogP contribution in [0.4, 0.5) is 13.2 Å². The third-order valence-corrected chi connectivity index (χ3v) is 5.85. The summed E-state index contributed by atoms with van der Waals surface area (Å²) in [6, 6.07) is 4.64. The van der Waals surface area contributed by atoms with E-state index < -0.39 is 17.6 Å². The monoisotopic (exact) mass is 497 g/mol. The molecule has 2 heterocycles.